The molecule has 0 amide bonds. The molecule has 0 aliphatic carbocycles. The molecule has 1 atom stereocenters. The van der Waals surface area contributed by atoms with Gasteiger partial charge in [-0.05, 0) is 12.0 Å². The highest BCUT2D eigenvalue weighted by molar-refractivity contribution is 9.09. The topological polar surface area (TPSA) is 0 Å². The zero-order valence-electron chi connectivity index (χ0n) is 6.20. The summed E-state index contributed by atoms with van der Waals surface area (Å²) in [4.78, 5) is 0. The summed E-state index contributed by atoms with van der Waals surface area (Å²) in [5, 5.41) is 1.38. The van der Waals surface area contributed by atoms with Gasteiger partial charge in [-0.2, -0.15) is 12.6 Å². The van der Waals surface area contributed by atoms with Crippen molar-refractivity contribution < 1.29 is 0 Å². The first-order chi connectivity index (χ1) is 5.33. The van der Waals surface area contributed by atoms with Crippen LogP contribution in [0.1, 0.15) is 5.56 Å². The molecule has 0 N–H and O–H groups in total. The standard InChI is InChI=1S/C9H11BrS/c10-7-9(11)6-8-4-2-1-3-5-8/h1-5,9,11H,6-7H2. The van der Waals surface area contributed by atoms with Gasteiger partial charge in [-0.1, -0.05) is 46.3 Å². The molecule has 0 nitrogen and oxygen atoms in total. The van der Waals surface area contributed by atoms with Gasteiger partial charge >= 0.3 is 0 Å². The molecule has 11 heavy (non-hydrogen) atoms. The molecular weight excluding hydrogens is 220 g/mol. The van der Waals surface area contributed by atoms with Crippen LogP contribution in [0.5, 0.6) is 0 Å². The summed E-state index contributed by atoms with van der Waals surface area (Å²) < 4.78 is 0. The zero-order chi connectivity index (χ0) is 8.10. The predicted molar refractivity (Wildman–Crippen MR) is 56.7 cm³/mol. The average molecular weight is 231 g/mol. The average Bonchev–Trinajstić information content (AvgIpc) is 2.06. The van der Waals surface area contributed by atoms with Crippen LogP contribution in [0.25, 0.3) is 0 Å². The van der Waals surface area contributed by atoms with Gasteiger partial charge in [-0.3, -0.25) is 0 Å². The second-order valence-corrected chi connectivity index (χ2v) is 3.88. The monoisotopic (exact) mass is 230 g/mol. The van der Waals surface area contributed by atoms with E-state index in [0.29, 0.717) is 5.25 Å². The lowest BCUT2D eigenvalue weighted by Gasteiger charge is -2.05. The van der Waals surface area contributed by atoms with Gasteiger partial charge in [0.15, 0.2) is 0 Å². The van der Waals surface area contributed by atoms with E-state index in [9.17, 15) is 0 Å². The fraction of sp³-hybridized carbons (Fsp3) is 0.333. The highest BCUT2D eigenvalue weighted by Gasteiger charge is 2.00. The van der Waals surface area contributed by atoms with Crippen LogP contribution in [-0.4, -0.2) is 10.6 Å². The van der Waals surface area contributed by atoms with Crippen molar-refractivity contribution in [1.29, 1.82) is 0 Å². The SMILES string of the molecule is SC(CBr)Cc1ccccc1. The molecule has 0 saturated heterocycles. The van der Waals surface area contributed by atoms with E-state index in [4.69, 9.17) is 0 Å². The molecule has 2 heteroatoms. The summed E-state index contributed by atoms with van der Waals surface area (Å²) in [6.45, 7) is 0. The molecule has 0 radical (unpaired) electrons. The van der Waals surface area contributed by atoms with E-state index in [2.05, 4.69) is 52.8 Å². The summed E-state index contributed by atoms with van der Waals surface area (Å²) in [5.41, 5.74) is 1.35. The maximum absolute atomic E-state index is 4.39. The minimum absolute atomic E-state index is 0.428. The Hall–Kier alpha value is 0.0500. The van der Waals surface area contributed by atoms with Crippen LogP contribution < -0.4 is 0 Å². The van der Waals surface area contributed by atoms with Crippen LogP contribution in [0.2, 0.25) is 0 Å². The Balaban J connectivity index is 2.51. The van der Waals surface area contributed by atoms with Gasteiger partial charge in [-0.25, -0.2) is 0 Å². The molecule has 0 aliphatic heterocycles. The molecule has 0 fully saturated rings. The largest absolute Gasteiger partial charge is 0.175 e. The van der Waals surface area contributed by atoms with E-state index >= 15 is 0 Å². The summed E-state index contributed by atoms with van der Waals surface area (Å²) in [5.74, 6) is 0. The van der Waals surface area contributed by atoms with E-state index in [0.717, 1.165) is 11.8 Å². The normalized spacial score (nSPS) is 12.9. The Morgan fingerprint density at radius 2 is 1.91 bits per heavy atom. The molecule has 0 aromatic heterocycles. The Bertz CT molecular complexity index is 198. The fourth-order valence-corrected chi connectivity index (χ4v) is 1.38. The van der Waals surface area contributed by atoms with Crippen LogP contribution >= 0.6 is 28.6 Å². The van der Waals surface area contributed by atoms with Gasteiger partial charge in [0.25, 0.3) is 0 Å². The van der Waals surface area contributed by atoms with Crippen molar-refractivity contribution in [2.45, 2.75) is 11.7 Å². The lowest BCUT2D eigenvalue weighted by atomic mass is 10.1. The molecule has 60 valence electrons. The first kappa shape index (κ1) is 9.14. The van der Waals surface area contributed by atoms with Crippen molar-refractivity contribution >= 4 is 28.6 Å². The molecule has 0 spiro atoms. The Morgan fingerprint density at radius 3 is 2.45 bits per heavy atom. The van der Waals surface area contributed by atoms with Crippen molar-refractivity contribution in [3.05, 3.63) is 35.9 Å². The molecule has 1 rings (SSSR count). The van der Waals surface area contributed by atoms with Gasteiger partial charge in [0, 0.05) is 10.6 Å². The second-order valence-electron chi connectivity index (χ2n) is 2.50. The molecule has 0 saturated carbocycles. The minimum atomic E-state index is 0.428. The lowest BCUT2D eigenvalue weighted by Crippen LogP contribution is -2.03. The number of benzene rings is 1. The Kier molecular flexibility index (Phi) is 4.02. The minimum Gasteiger partial charge on any atom is -0.175 e. The number of hydrogen-bond donors (Lipinski definition) is 1. The fourth-order valence-electron chi connectivity index (χ4n) is 0.941. The third kappa shape index (κ3) is 3.30. The first-order valence-corrected chi connectivity index (χ1v) is 5.24. The summed E-state index contributed by atoms with van der Waals surface area (Å²) in [6, 6.07) is 10.4. The molecule has 1 aromatic rings. The smallest absolute Gasteiger partial charge is 0.0154 e. The van der Waals surface area contributed by atoms with Gasteiger partial charge in [0.2, 0.25) is 0 Å². The van der Waals surface area contributed by atoms with Crippen LogP contribution in [-0.2, 0) is 6.42 Å². The molecule has 1 aromatic carbocycles. The number of rotatable bonds is 3. The van der Waals surface area contributed by atoms with Crippen LogP contribution in [0.4, 0.5) is 0 Å². The number of thiol groups is 1. The third-order valence-corrected chi connectivity index (χ3v) is 3.14. The Labute approximate surface area is 81.5 Å². The molecule has 0 heterocycles. The van der Waals surface area contributed by atoms with E-state index in [1.165, 1.54) is 5.56 Å². The van der Waals surface area contributed by atoms with E-state index in [1.54, 1.807) is 0 Å². The van der Waals surface area contributed by atoms with E-state index < -0.39 is 0 Å². The van der Waals surface area contributed by atoms with Gasteiger partial charge in [-0.15, -0.1) is 0 Å². The van der Waals surface area contributed by atoms with E-state index in [-0.39, 0.29) is 0 Å². The number of alkyl halides is 1. The van der Waals surface area contributed by atoms with Crippen LogP contribution in [0.15, 0.2) is 30.3 Å². The van der Waals surface area contributed by atoms with Crippen LogP contribution in [0, 0.1) is 0 Å². The van der Waals surface area contributed by atoms with Crippen molar-refractivity contribution in [3.8, 4) is 0 Å². The molecule has 0 bridgehead atoms. The highest BCUT2D eigenvalue weighted by atomic mass is 79.9. The first-order valence-electron chi connectivity index (χ1n) is 3.61. The number of halogens is 1. The highest BCUT2D eigenvalue weighted by Crippen LogP contribution is 2.09. The number of hydrogen-bond acceptors (Lipinski definition) is 1. The summed E-state index contributed by atoms with van der Waals surface area (Å²) in [7, 11) is 0. The van der Waals surface area contributed by atoms with Crippen molar-refractivity contribution in [2.75, 3.05) is 5.33 Å². The third-order valence-electron chi connectivity index (χ3n) is 1.49. The molecule has 0 aliphatic rings. The lowest BCUT2D eigenvalue weighted by molar-refractivity contribution is 0.968. The van der Waals surface area contributed by atoms with Gasteiger partial charge in [0.1, 0.15) is 0 Å². The van der Waals surface area contributed by atoms with Crippen LogP contribution in [0.3, 0.4) is 0 Å². The maximum atomic E-state index is 4.39. The van der Waals surface area contributed by atoms with Crippen molar-refractivity contribution in [3.63, 3.8) is 0 Å². The van der Waals surface area contributed by atoms with Crippen molar-refractivity contribution in [1.82, 2.24) is 0 Å². The van der Waals surface area contributed by atoms with Gasteiger partial charge < -0.3 is 0 Å². The maximum Gasteiger partial charge on any atom is 0.0154 e. The van der Waals surface area contributed by atoms with Gasteiger partial charge in [0.05, 0.1) is 0 Å². The summed E-state index contributed by atoms with van der Waals surface area (Å²) in [6.07, 6.45) is 1.04. The predicted octanol–water partition coefficient (Wildman–Crippen LogP) is 2.92. The molecule has 1 unspecified atom stereocenters. The van der Waals surface area contributed by atoms with E-state index in [1.807, 2.05) is 6.07 Å². The van der Waals surface area contributed by atoms with Crippen molar-refractivity contribution in [2.24, 2.45) is 0 Å². The quantitative estimate of drug-likeness (QED) is 0.600. The second kappa shape index (κ2) is 4.83. The zero-order valence-corrected chi connectivity index (χ0v) is 8.68. The summed E-state index contributed by atoms with van der Waals surface area (Å²) >= 11 is 7.79. The molecular formula is C9H11BrS. The Morgan fingerprint density at radius 1 is 1.27 bits per heavy atom.